The van der Waals surface area contributed by atoms with Crippen molar-refractivity contribution in [3.63, 3.8) is 0 Å². The Labute approximate surface area is 157 Å². The Kier molecular flexibility index (Phi) is 5.43. The largest absolute Gasteiger partial charge is 0.491 e. The second kappa shape index (κ2) is 7.77. The van der Waals surface area contributed by atoms with Gasteiger partial charge in [-0.05, 0) is 51.0 Å². The summed E-state index contributed by atoms with van der Waals surface area (Å²) in [7, 11) is 0. The van der Waals surface area contributed by atoms with Gasteiger partial charge in [-0.1, -0.05) is 12.1 Å². The van der Waals surface area contributed by atoms with Gasteiger partial charge in [0.2, 0.25) is 0 Å². The van der Waals surface area contributed by atoms with Gasteiger partial charge in [-0.15, -0.1) is 5.10 Å². The second-order valence-corrected chi connectivity index (χ2v) is 6.89. The van der Waals surface area contributed by atoms with Crippen LogP contribution in [-0.2, 0) is 11.2 Å². The molecule has 1 aromatic carbocycles. The highest BCUT2D eigenvalue weighted by molar-refractivity contribution is 5.94. The van der Waals surface area contributed by atoms with E-state index in [1.165, 1.54) is 0 Å². The minimum Gasteiger partial charge on any atom is -0.491 e. The van der Waals surface area contributed by atoms with Crippen molar-refractivity contribution in [2.24, 2.45) is 5.92 Å². The predicted molar refractivity (Wildman–Crippen MR) is 98.1 cm³/mol. The number of hydrogen-bond acceptors (Lipinski definition) is 5. The van der Waals surface area contributed by atoms with E-state index in [1.54, 1.807) is 9.58 Å². The molecule has 1 aromatic heterocycles. The van der Waals surface area contributed by atoms with Gasteiger partial charge in [-0.3, -0.25) is 9.59 Å². The third-order valence-corrected chi connectivity index (χ3v) is 4.58. The predicted octanol–water partition coefficient (Wildman–Crippen LogP) is 2.16. The van der Waals surface area contributed by atoms with Gasteiger partial charge in [0.25, 0.3) is 5.91 Å². The van der Waals surface area contributed by atoms with Gasteiger partial charge >= 0.3 is 5.97 Å². The fourth-order valence-corrected chi connectivity index (χ4v) is 3.23. The van der Waals surface area contributed by atoms with Gasteiger partial charge in [0.1, 0.15) is 5.75 Å². The number of carbonyl (C=O) groups excluding carboxylic acids is 1. The van der Waals surface area contributed by atoms with Crippen molar-refractivity contribution in [1.29, 1.82) is 0 Å². The van der Waals surface area contributed by atoms with Crippen molar-refractivity contribution in [3.8, 4) is 11.4 Å². The molecule has 3 rings (SSSR count). The van der Waals surface area contributed by atoms with Crippen LogP contribution in [-0.4, -0.2) is 56.1 Å². The van der Waals surface area contributed by atoms with Gasteiger partial charge in [-0.25, -0.2) is 4.68 Å². The molecule has 8 nitrogen and oxygen atoms in total. The van der Waals surface area contributed by atoms with E-state index in [9.17, 15) is 9.59 Å². The van der Waals surface area contributed by atoms with Gasteiger partial charge in [0.05, 0.1) is 23.4 Å². The summed E-state index contributed by atoms with van der Waals surface area (Å²) in [6.45, 7) is 6.50. The summed E-state index contributed by atoms with van der Waals surface area (Å²) in [4.78, 5) is 25.5. The van der Waals surface area contributed by atoms with Crippen LogP contribution >= 0.6 is 0 Å². The average molecular weight is 372 g/mol. The number of carbonyl (C=O) groups is 2. The maximum Gasteiger partial charge on any atom is 0.308 e. The Bertz CT molecular complexity index is 829. The third-order valence-electron chi connectivity index (χ3n) is 4.58. The molecule has 0 spiro atoms. The van der Waals surface area contributed by atoms with Crippen LogP contribution in [0.15, 0.2) is 24.3 Å². The fourth-order valence-electron chi connectivity index (χ4n) is 3.23. The number of likely N-dealkylation sites (tertiary alicyclic amines) is 1. The Morgan fingerprint density at radius 3 is 2.56 bits per heavy atom. The molecule has 144 valence electrons. The zero-order valence-electron chi connectivity index (χ0n) is 15.8. The summed E-state index contributed by atoms with van der Waals surface area (Å²) in [5, 5.41) is 17.4. The van der Waals surface area contributed by atoms with Crippen LogP contribution in [0.1, 0.15) is 43.4 Å². The molecule has 1 aliphatic rings. The normalized spacial score (nSPS) is 16.7. The molecular formula is C19H24N4O4. The molecule has 2 heterocycles. The monoisotopic (exact) mass is 372 g/mol. The number of ether oxygens (including phenoxy) is 1. The Morgan fingerprint density at radius 1 is 1.30 bits per heavy atom. The summed E-state index contributed by atoms with van der Waals surface area (Å²) in [5.41, 5.74) is 1.78. The van der Waals surface area contributed by atoms with Gasteiger partial charge in [0.15, 0.2) is 5.69 Å². The number of rotatable bonds is 6. The molecule has 1 aliphatic heterocycles. The highest BCUT2D eigenvalue weighted by Crippen LogP contribution is 2.22. The Balaban J connectivity index is 1.83. The lowest BCUT2D eigenvalue weighted by Crippen LogP contribution is -2.31. The molecule has 0 bridgehead atoms. The zero-order chi connectivity index (χ0) is 19.6. The third kappa shape index (κ3) is 3.94. The maximum absolute atomic E-state index is 12.8. The Morgan fingerprint density at radius 2 is 2.00 bits per heavy atom. The van der Waals surface area contributed by atoms with Gasteiger partial charge in [-0.2, -0.15) is 0 Å². The minimum atomic E-state index is -0.867. The summed E-state index contributed by atoms with van der Waals surface area (Å²) in [6.07, 6.45) is 1.13. The van der Waals surface area contributed by atoms with E-state index < -0.39 is 11.9 Å². The molecule has 8 heteroatoms. The van der Waals surface area contributed by atoms with E-state index in [0.717, 1.165) is 11.4 Å². The number of aromatic nitrogens is 3. The number of carboxylic acid groups (broad SMARTS) is 1. The van der Waals surface area contributed by atoms with Gasteiger partial charge < -0.3 is 14.7 Å². The molecule has 1 fully saturated rings. The lowest BCUT2D eigenvalue weighted by atomic mass is 10.1. The highest BCUT2D eigenvalue weighted by Gasteiger charge is 2.33. The fraction of sp³-hybridized carbons (Fsp3) is 0.474. The van der Waals surface area contributed by atoms with Crippen LogP contribution in [0, 0.1) is 5.92 Å². The molecule has 0 unspecified atom stereocenters. The van der Waals surface area contributed by atoms with Crippen LogP contribution < -0.4 is 4.74 Å². The van der Waals surface area contributed by atoms with Crippen molar-refractivity contribution in [2.75, 3.05) is 13.1 Å². The number of hydrogen-bond donors (Lipinski definition) is 1. The lowest BCUT2D eigenvalue weighted by Gasteiger charge is -2.15. The first-order chi connectivity index (χ1) is 12.9. The number of benzene rings is 1. The summed E-state index contributed by atoms with van der Waals surface area (Å²) < 4.78 is 7.30. The molecule has 0 saturated carbocycles. The number of amides is 1. The van der Waals surface area contributed by atoms with Crippen molar-refractivity contribution in [2.45, 2.75) is 39.7 Å². The van der Waals surface area contributed by atoms with Crippen LogP contribution in [0.2, 0.25) is 0 Å². The summed E-state index contributed by atoms with van der Waals surface area (Å²) in [6, 6.07) is 7.46. The molecule has 1 amide bonds. The van der Waals surface area contributed by atoms with Crippen LogP contribution in [0.3, 0.4) is 0 Å². The maximum atomic E-state index is 12.8. The molecule has 1 atom stereocenters. The average Bonchev–Trinajstić information content (AvgIpc) is 3.28. The first-order valence-electron chi connectivity index (χ1n) is 9.14. The van der Waals surface area contributed by atoms with E-state index in [4.69, 9.17) is 9.84 Å². The van der Waals surface area contributed by atoms with Crippen molar-refractivity contribution >= 4 is 11.9 Å². The highest BCUT2D eigenvalue weighted by atomic mass is 16.5. The number of carboxylic acids is 1. The topological polar surface area (TPSA) is 97.5 Å². The van der Waals surface area contributed by atoms with Crippen molar-refractivity contribution in [1.82, 2.24) is 19.9 Å². The number of nitrogens with zero attached hydrogens (tertiary/aromatic N) is 4. The molecule has 1 saturated heterocycles. The van der Waals surface area contributed by atoms with Crippen LogP contribution in [0.4, 0.5) is 0 Å². The standard InChI is InChI=1S/C19H24N4O4/c1-4-16-17(18(24)22-10-9-13(11-22)19(25)26)20-21-23(16)14-5-7-15(8-6-14)27-12(2)3/h5-8,12-13H,4,9-11H2,1-3H3,(H,25,26)/t13-/m0/s1. The number of aliphatic carboxylic acids is 1. The first-order valence-corrected chi connectivity index (χ1v) is 9.14. The molecular weight excluding hydrogens is 348 g/mol. The SMILES string of the molecule is CCc1c(C(=O)N2CC[C@H](C(=O)O)C2)nnn1-c1ccc(OC(C)C)cc1. The molecule has 0 radical (unpaired) electrons. The zero-order valence-corrected chi connectivity index (χ0v) is 15.8. The second-order valence-electron chi connectivity index (χ2n) is 6.89. The molecule has 0 aliphatic carbocycles. The molecule has 1 N–H and O–H groups in total. The molecule has 27 heavy (non-hydrogen) atoms. The summed E-state index contributed by atoms with van der Waals surface area (Å²) >= 11 is 0. The van der Waals surface area contributed by atoms with Crippen LogP contribution in [0.25, 0.3) is 5.69 Å². The Hall–Kier alpha value is -2.90. The minimum absolute atomic E-state index is 0.0905. The van der Waals surface area contributed by atoms with E-state index in [-0.39, 0.29) is 24.2 Å². The van der Waals surface area contributed by atoms with E-state index in [1.807, 2.05) is 45.0 Å². The van der Waals surface area contributed by atoms with Gasteiger partial charge in [0, 0.05) is 13.1 Å². The van der Waals surface area contributed by atoms with Crippen molar-refractivity contribution in [3.05, 3.63) is 35.7 Å². The first kappa shape index (κ1) is 18.9. The van der Waals surface area contributed by atoms with E-state index >= 15 is 0 Å². The van der Waals surface area contributed by atoms with Crippen molar-refractivity contribution < 1.29 is 19.4 Å². The van der Waals surface area contributed by atoms with Crippen LogP contribution in [0.5, 0.6) is 5.75 Å². The van der Waals surface area contributed by atoms with E-state index in [0.29, 0.717) is 25.1 Å². The summed E-state index contributed by atoms with van der Waals surface area (Å²) in [5.74, 6) is -0.877. The quantitative estimate of drug-likeness (QED) is 0.834. The lowest BCUT2D eigenvalue weighted by molar-refractivity contribution is -0.141. The molecule has 2 aromatic rings. The van der Waals surface area contributed by atoms with E-state index in [2.05, 4.69) is 10.3 Å². The smallest absolute Gasteiger partial charge is 0.308 e.